The minimum Gasteiger partial charge on any atom is -0.494 e. The van der Waals surface area contributed by atoms with Gasteiger partial charge in [-0.2, -0.15) is 0 Å². The Morgan fingerprint density at radius 2 is 1.96 bits per heavy atom. The number of fused-ring (bicyclic) bond motifs is 1. The number of alkyl halides is 2. The molecule has 0 fully saturated rings. The lowest BCUT2D eigenvalue weighted by Gasteiger charge is -2.23. The maximum absolute atomic E-state index is 5.93. The van der Waals surface area contributed by atoms with Gasteiger partial charge in [-0.1, -0.05) is 0 Å². The van der Waals surface area contributed by atoms with Gasteiger partial charge < -0.3 is 10.1 Å². The number of aliphatic imine (C=N–C) groups is 4. The first-order valence-electron chi connectivity index (χ1n) is 8.81. The third-order valence-corrected chi connectivity index (χ3v) is 4.46. The smallest absolute Gasteiger partial charge is 0.169 e. The van der Waals surface area contributed by atoms with E-state index in [0.717, 1.165) is 30.1 Å². The lowest BCUT2D eigenvalue weighted by Crippen LogP contribution is -2.33. The van der Waals surface area contributed by atoms with E-state index in [9.17, 15) is 0 Å². The molecule has 1 aromatic carbocycles. The van der Waals surface area contributed by atoms with Crippen molar-refractivity contribution in [2.45, 2.75) is 19.5 Å². The van der Waals surface area contributed by atoms with Gasteiger partial charge >= 0.3 is 0 Å². The van der Waals surface area contributed by atoms with E-state index < -0.39 is 0 Å². The predicted molar refractivity (Wildman–Crippen MR) is 114 cm³/mol. The molecule has 0 bridgehead atoms. The number of nitrogens with one attached hydrogen (secondary N) is 1. The first-order valence-corrected chi connectivity index (χ1v) is 9.88. The van der Waals surface area contributed by atoms with E-state index in [4.69, 9.17) is 27.9 Å². The molecule has 0 spiro atoms. The molecule has 0 aliphatic carbocycles. The topological polar surface area (TPSA) is 73.9 Å². The van der Waals surface area contributed by atoms with Crippen LogP contribution in [0.15, 0.2) is 38.2 Å². The molecule has 0 amide bonds. The number of nitrogens with zero attached hydrogens (tertiary/aromatic N) is 5. The lowest BCUT2D eigenvalue weighted by atomic mass is 10.1. The maximum Gasteiger partial charge on any atom is 0.169 e. The van der Waals surface area contributed by atoms with E-state index >= 15 is 0 Å². The van der Waals surface area contributed by atoms with Crippen LogP contribution in [0.3, 0.4) is 0 Å². The van der Waals surface area contributed by atoms with E-state index in [1.165, 1.54) is 12.7 Å². The van der Waals surface area contributed by atoms with Crippen molar-refractivity contribution in [3.8, 4) is 5.75 Å². The summed E-state index contributed by atoms with van der Waals surface area (Å²) >= 11 is 11.9. The van der Waals surface area contributed by atoms with E-state index in [1.54, 1.807) is 0 Å². The second-order valence-electron chi connectivity index (χ2n) is 5.95. The van der Waals surface area contributed by atoms with E-state index in [-0.39, 0.29) is 6.04 Å². The number of halogens is 2. The molecule has 1 atom stereocenters. The minimum absolute atomic E-state index is 0.269. The fourth-order valence-corrected chi connectivity index (χ4v) is 3.37. The van der Waals surface area contributed by atoms with E-state index in [0.29, 0.717) is 36.6 Å². The molecule has 1 aromatic rings. The average molecular weight is 409 g/mol. The highest BCUT2D eigenvalue weighted by molar-refractivity contribution is 6.23. The summed E-state index contributed by atoms with van der Waals surface area (Å²) in [6, 6.07) is 5.72. The summed E-state index contributed by atoms with van der Waals surface area (Å²) in [5.74, 6) is 3.30. The quantitative estimate of drug-likeness (QED) is 0.638. The van der Waals surface area contributed by atoms with Crippen LogP contribution in [0, 0.1) is 0 Å². The monoisotopic (exact) mass is 408 g/mol. The zero-order chi connectivity index (χ0) is 19.1. The molecule has 0 saturated heterocycles. The third kappa shape index (κ3) is 5.06. The molecule has 1 unspecified atom stereocenters. The Kier molecular flexibility index (Phi) is 7.20. The van der Waals surface area contributed by atoms with Gasteiger partial charge in [0.2, 0.25) is 0 Å². The summed E-state index contributed by atoms with van der Waals surface area (Å²) in [5, 5.41) is 3.34. The Bertz CT molecular complexity index is 771. The van der Waals surface area contributed by atoms with Crippen LogP contribution in [0.1, 0.15) is 12.5 Å². The Balaban J connectivity index is 1.80. The normalized spacial score (nSPS) is 17.7. The van der Waals surface area contributed by atoms with Crippen molar-refractivity contribution in [1.82, 2.24) is 4.90 Å². The summed E-state index contributed by atoms with van der Waals surface area (Å²) in [7, 11) is 0. The van der Waals surface area contributed by atoms with Gasteiger partial charge in [-0.25, -0.2) is 15.0 Å². The zero-order valence-corrected chi connectivity index (χ0v) is 16.6. The van der Waals surface area contributed by atoms with Crippen molar-refractivity contribution in [2.24, 2.45) is 20.0 Å². The van der Waals surface area contributed by atoms with Crippen LogP contribution in [-0.2, 0) is 6.54 Å². The number of benzene rings is 1. The standard InChI is InChI=1S/C18H22Cl2N6O/c1-2-27-15-4-3-14(9-13(15)10-26(7-5-19)8-6-20)25-18-16-17(22-11-21-16)23-12-24-18/h3-4,9,11-12,16H,2,5-8,10H2,1H3,(H,21,22,23,24,25). The number of amidine groups is 2. The minimum atomic E-state index is -0.269. The molecular formula is C18H22Cl2N6O. The van der Waals surface area contributed by atoms with Crippen LogP contribution >= 0.6 is 23.2 Å². The van der Waals surface area contributed by atoms with Crippen LogP contribution in [0.25, 0.3) is 0 Å². The summed E-state index contributed by atoms with van der Waals surface area (Å²) in [6.07, 6.45) is 3.00. The van der Waals surface area contributed by atoms with Crippen molar-refractivity contribution in [3.05, 3.63) is 23.8 Å². The molecule has 144 valence electrons. The Morgan fingerprint density at radius 3 is 2.70 bits per heavy atom. The summed E-state index contributed by atoms with van der Waals surface area (Å²) in [5.41, 5.74) is 1.96. The average Bonchev–Trinajstić information content (AvgIpc) is 3.14. The molecule has 2 heterocycles. The zero-order valence-electron chi connectivity index (χ0n) is 15.1. The molecule has 2 aliphatic heterocycles. The highest BCUT2D eigenvalue weighted by atomic mass is 35.5. The first kappa shape index (κ1) is 19.8. The maximum atomic E-state index is 5.93. The van der Waals surface area contributed by atoms with Crippen LogP contribution in [0.4, 0.5) is 5.69 Å². The second kappa shape index (κ2) is 9.82. The van der Waals surface area contributed by atoms with E-state index in [1.807, 2.05) is 19.1 Å². The summed E-state index contributed by atoms with van der Waals surface area (Å²) in [4.78, 5) is 19.1. The highest BCUT2D eigenvalue weighted by Gasteiger charge is 2.26. The molecule has 0 radical (unpaired) electrons. The fourth-order valence-electron chi connectivity index (χ4n) is 2.89. The van der Waals surface area contributed by atoms with E-state index in [2.05, 4.69) is 36.3 Å². The van der Waals surface area contributed by atoms with Crippen molar-refractivity contribution in [1.29, 1.82) is 0 Å². The molecule has 0 saturated carbocycles. The fraction of sp³-hybridized carbons (Fsp3) is 0.444. The van der Waals surface area contributed by atoms with Crippen LogP contribution in [-0.4, -0.2) is 66.7 Å². The second-order valence-corrected chi connectivity index (χ2v) is 6.70. The van der Waals surface area contributed by atoms with Crippen LogP contribution < -0.4 is 10.1 Å². The first-order chi connectivity index (χ1) is 13.2. The Labute approximate surface area is 168 Å². The van der Waals surface area contributed by atoms with Gasteiger partial charge in [0.25, 0.3) is 0 Å². The number of anilines is 1. The van der Waals surface area contributed by atoms with Crippen LogP contribution in [0.2, 0.25) is 0 Å². The van der Waals surface area contributed by atoms with Crippen molar-refractivity contribution in [2.75, 3.05) is 36.8 Å². The number of hydrogen-bond donors (Lipinski definition) is 1. The number of rotatable bonds is 9. The molecular weight excluding hydrogens is 387 g/mol. The third-order valence-electron chi connectivity index (χ3n) is 4.12. The van der Waals surface area contributed by atoms with Crippen molar-refractivity contribution >= 4 is 53.2 Å². The van der Waals surface area contributed by atoms with Gasteiger partial charge in [-0.15, -0.1) is 23.2 Å². The summed E-state index contributed by atoms with van der Waals surface area (Å²) < 4.78 is 5.79. The SMILES string of the molecule is CCOc1ccc(NC2=NC=NC3=NC=NC32)cc1CN(CCCl)CCCl. The molecule has 2 aliphatic rings. The van der Waals surface area contributed by atoms with Crippen LogP contribution in [0.5, 0.6) is 5.75 Å². The molecule has 7 nitrogen and oxygen atoms in total. The van der Waals surface area contributed by atoms with Gasteiger partial charge in [0, 0.05) is 42.6 Å². The lowest BCUT2D eigenvalue weighted by molar-refractivity contribution is 0.285. The highest BCUT2D eigenvalue weighted by Crippen LogP contribution is 2.25. The number of ether oxygens (including phenoxy) is 1. The van der Waals surface area contributed by atoms with Gasteiger partial charge in [-0.3, -0.25) is 9.89 Å². The van der Waals surface area contributed by atoms with Gasteiger partial charge in [0.15, 0.2) is 11.9 Å². The Hall–Kier alpha value is -1.96. The molecule has 0 aromatic heterocycles. The summed E-state index contributed by atoms with van der Waals surface area (Å²) in [6.45, 7) is 4.80. The molecule has 1 N–H and O–H groups in total. The van der Waals surface area contributed by atoms with Gasteiger partial charge in [0.05, 0.1) is 6.61 Å². The predicted octanol–water partition coefficient (Wildman–Crippen LogP) is 3.03. The Morgan fingerprint density at radius 1 is 1.15 bits per heavy atom. The molecule has 3 rings (SSSR count). The number of hydrogen-bond acceptors (Lipinski definition) is 7. The van der Waals surface area contributed by atoms with Crippen molar-refractivity contribution < 1.29 is 4.74 Å². The largest absolute Gasteiger partial charge is 0.494 e. The molecule has 9 heteroatoms. The van der Waals surface area contributed by atoms with Crippen molar-refractivity contribution in [3.63, 3.8) is 0 Å². The van der Waals surface area contributed by atoms with Gasteiger partial charge in [-0.05, 0) is 25.1 Å². The molecule has 27 heavy (non-hydrogen) atoms. The van der Waals surface area contributed by atoms with Gasteiger partial charge in [0.1, 0.15) is 24.3 Å².